The van der Waals surface area contributed by atoms with Gasteiger partial charge in [-0.25, -0.2) is 4.98 Å². The van der Waals surface area contributed by atoms with Crippen LogP contribution in [0.15, 0.2) is 71.1 Å². The van der Waals surface area contributed by atoms with Crippen LogP contribution in [0.2, 0.25) is 0 Å². The summed E-state index contributed by atoms with van der Waals surface area (Å²) in [7, 11) is 0. The maximum Gasteiger partial charge on any atom is 0.231 e. The molecule has 0 saturated heterocycles. The van der Waals surface area contributed by atoms with Crippen molar-refractivity contribution in [2.45, 2.75) is 60.2 Å². The zero-order valence-corrected chi connectivity index (χ0v) is 22.2. The first-order valence-corrected chi connectivity index (χ1v) is 12.7. The van der Waals surface area contributed by atoms with Crippen LogP contribution in [-0.4, -0.2) is 9.97 Å². The molecule has 0 fully saturated rings. The van der Waals surface area contributed by atoms with Crippen LogP contribution in [0.5, 0.6) is 0 Å². The molecule has 2 heterocycles. The maximum absolute atomic E-state index is 8.74. The number of hydrogen-bond donors (Lipinski definition) is 0. The summed E-state index contributed by atoms with van der Waals surface area (Å²) in [6.07, 6.45) is -1.54. The van der Waals surface area contributed by atoms with Crippen molar-refractivity contribution in [3.63, 3.8) is 0 Å². The van der Waals surface area contributed by atoms with Crippen LogP contribution in [0.4, 0.5) is 0 Å². The monoisotopic (exact) mass is 491 g/mol. The summed E-state index contributed by atoms with van der Waals surface area (Å²) in [5, 5.41) is 5.25. The van der Waals surface area contributed by atoms with Crippen LogP contribution < -0.4 is 0 Å². The van der Waals surface area contributed by atoms with Crippen molar-refractivity contribution in [3.8, 4) is 11.3 Å². The second kappa shape index (κ2) is 8.14. The van der Waals surface area contributed by atoms with Gasteiger partial charge in [0.2, 0.25) is 5.71 Å². The van der Waals surface area contributed by atoms with Gasteiger partial charge in [-0.2, -0.15) is 4.98 Å². The quantitative estimate of drug-likeness (QED) is 0.242. The lowest BCUT2D eigenvalue weighted by atomic mass is 9.82. The van der Waals surface area contributed by atoms with Gasteiger partial charge in [0.05, 0.1) is 11.1 Å². The largest absolute Gasteiger partial charge is 0.437 e. The highest BCUT2D eigenvalue weighted by molar-refractivity contribution is 6.18. The molecule has 3 nitrogen and oxygen atoms in total. The molecule has 0 N–H and O–H groups in total. The molecule has 0 aliphatic heterocycles. The molecule has 37 heavy (non-hydrogen) atoms. The van der Waals surface area contributed by atoms with Gasteiger partial charge in [0, 0.05) is 23.2 Å². The second-order valence-electron chi connectivity index (χ2n) is 11.9. The lowest BCUT2D eigenvalue weighted by Gasteiger charge is -2.23. The molecule has 0 saturated carbocycles. The van der Waals surface area contributed by atoms with E-state index in [-0.39, 0.29) is 17.0 Å². The number of rotatable bonds is 2. The predicted octanol–water partition coefficient (Wildman–Crippen LogP) is 9.54. The van der Waals surface area contributed by atoms with E-state index in [2.05, 4.69) is 55.0 Å². The topological polar surface area (TPSA) is 38.9 Å². The minimum atomic E-state index is -2.53. The van der Waals surface area contributed by atoms with Crippen molar-refractivity contribution in [2.24, 2.45) is 5.41 Å². The van der Waals surface area contributed by atoms with Crippen LogP contribution in [0.1, 0.15) is 65.3 Å². The average Bonchev–Trinajstić information content (AvgIpc) is 3.29. The molecule has 6 aromatic rings. The number of benzene rings is 4. The normalized spacial score (nSPS) is 15.6. The van der Waals surface area contributed by atoms with Crippen molar-refractivity contribution in [2.75, 3.05) is 0 Å². The van der Waals surface area contributed by atoms with Gasteiger partial charge in [0.15, 0.2) is 0 Å². The Kier molecular flexibility index (Phi) is 4.07. The Morgan fingerprint density at radius 2 is 1.57 bits per heavy atom. The summed E-state index contributed by atoms with van der Waals surface area (Å²) in [5.74, 6) is -0.264. The summed E-state index contributed by atoms with van der Waals surface area (Å²) in [6.45, 7) is 9.63. The highest BCUT2D eigenvalue weighted by atomic mass is 16.3. The molecule has 2 aromatic heterocycles. The molecule has 0 aliphatic rings. The first-order chi connectivity index (χ1) is 19.5. The van der Waals surface area contributed by atoms with E-state index in [0.29, 0.717) is 22.2 Å². The lowest BCUT2D eigenvalue weighted by Crippen LogP contribution is -2.12. The predicted molar refractivity (Wildman–Crippen MR) is 156 cm³/mol. The molecular formula is C34H34N2O. The number of aromatic nitrogens is 2. The first-order valence-electron chi connectivity index (χ1n) is 15.2. The van der Waals surface area contributed by atoms with Crippen LogP contribution >= 0.6 is 0 Å². The van der Waals surface area contributed by atoms with Gasteiger partial charge in [-0.1, -0.05) is 90.1 Å². The van der Waals surface area contributed by atoms with E-state index < -0.39 is 18.6 Å². The van der Waals surface area contributed by atoms with Crippen molar-refractivity contribution >= 4 is 43.6 Å². The van der Waals surface area contributed by atoms with Crippen LogP contribution in [0.3, 0.4) is 0 Å². The third-order valence-electron chi connectivity index (χ3n) is 6.78. The third kappa shape index (κ3) is 4.17. The van der Waals surface area contributed by atoms with E-state index in [9.17, 15) is 0 Å². The Morgan fingerprint density at radius 1 is 0.811 bits per heavy atom. The number of furan rings is 1. The molecule has 0 spiro atoms. The molecular weight excluding hydrogens is 452 g/mol. The summed E-state index contributed by atoms with van der Waals surface area (Å²) in [6, 6.07) is 21.8. The molecule has 186 valence electrons. The highest BCUT2D eigenvalue weighted by Gasteiger charge is 2.22. The van der Waals surface area contributed by atoms with E-state index >= 15 is 0 Å². The Labute approximate surface area is 225 Å². The number of hydrogen-bond acceptors (Lipinski definition) is 3. The zero-order chi connectivity index (χ0) is 30.4. The molecule has 6 rings (SSSR count). The zero-order valence-electron chi connectivity index (χ0n) is 27.2. The molecule has 3 heteroatoms. The fraction of sp³-hybridized carbons (Fsp3) is 0.294. The number of nitrogens with zero attached hydrogens (tertiary/aromatic N) is 2. The Morgan fingerprint density at radius 3 is 2.32 bits per heavy atom. The standard InChI is InChI=1S/C34H34N2O/c1-20-35-30(24-17-22-10-8-9-11-25(22)28(18-24)34(5,6)7)29-27-15-13-23-16-21(19-33(2,3)4)12-14-26(23)31(27)37-32(29)36-20/h8-18H,19H2,1-7H3/i1D3,19D2. The third-order valence-corrected chi connectivity index (χ3v) is 6.78. The molecule has 0 aliphatic carbocycles. The Bertz CT molecular complexity index is 2030. The van der Waals surface area contributed by atoms with E-state index in [1.54, 1.807) is 6.07 Å². The van der Waals surface area contributed by atoms with Crippen molar-refractivity contribution < 1.29 is 11.3 Å². The molecule has 4 aromatic carbocycles. The average molecular weight is 492 g/mol. The van der Waals surface area contributed by atoms with Crippen molar-refractivity contribution in [3.05, 3.63) is 83.7 Å². The maximum atomic E-state index is 8.74. The van der Waals surface area contributed by atoms with Gasteiger partial charge in [-0.15, -0.1) is 0 Å². The number of fused-ring (bicyclic) bond motifs is 6. The van der Waals surface area contributed by atoms with Gasteiger partial charge in [-0.05, 0) is 69.5 Å². The van der Waals surface area contributed by atoms with E-state index in [1.807, 2.05) is 57.2 Å². The summed E-state index contributed by atoms with van der Waals surface area (Å²) in [5.41, 5.74) is 3.07. The second-order valence-corrected chi connectivity index (χ2v) is 11.9. The van der Waals surface area contributed by atoms with E-state index in [0.717, 1.165) is 38.1 Å². The SMILES string of the molecule is [2H]C([2H])([2H])c1nc(-c2cc(C(C)(C)C)c3ccccc3c2)c2c(n1)oc1c3ccc(C([2H])([2H])C(C)(C)C)cc3ccc12. The molecule has 0 bridgehead atoms. The molecule has 0 amide bonds. The van der Waals surface area contributed by atoms with Crippen molar-refractivity contribution in [1.82, 2.24) is 9.97 Å². The highest BCUT2D eigenvalue weighted by Crippen LogP contribution is 2.41. The Hall–Kier alpha value is -3.72. The molecule has 0 atom stereocenters. The summed E-state index contributed by atoms with van der Waals surface area (Å²) < 4.78 is 48.2. The van der Waals surface area contributed by atoms with Crippen LogP contribution in [0.25, 0.3) is 54.9 Å². The minimum Gasteiger partial charge on any atom is -0.437 e. The smallest absolute Gasteiger partial charge is 0.231 e. The Balaban J connectivity index is 1.68. The molecule has 0 unspecified atom stereocenters. The van der Waals surface area contributed by atoms with Gasteiger partial charge in [-0.3, -0.25) is 0 Å². The fourth-order valence-corrected chi connectivity index (χ4v) is 5.25. The van der Waals surface area contributed by atoms with Crippen molar-refractivity contribution in [1.29, 1.82) is 0 Å². The van der Waals surface area contributed by atoms with E-state index in [1.165, 1.54) is 0 Å². The van der Waals surface area contributed by atoms with E-state index in [4.69, 9.17) is 11.3 Å². The van der Waals surface area contributed by atoms with Gasteiger partial charge in [0.25, 0.3) is 0 Å². The summed E-state index contributed by atoms with van der Waals surface area (Å²) >= 11 is 0. The lowest BCUT2D eigenvalue weighted by molar-refractivity contribution is 0.411. The summed E-state index contributed by atoms with van der Waals surface area (Å²) in [4.78, 5) is 9.06. The van der Waals surface area contributed by atoms with Gasteiger partial charge in [0.1, 0.15) is 11.4 Å². The minimum absolute atomic E-state index is 0.168. The van der Waals surface area contributed by atoms with Crippen LogP contribution in [-0.2, 0) is 11.8 Å². The van der Waals surface area contributed by atoms with Crippen LogP contribution in [0, 0.1) is 12.3 Å². The fourth-order valence-electron chi connectivity index (χ4n) is 5.25. The first kappa shape index (κ1) is 18.5. The van der Waals surface area contributed by atoms with Gasteiger partial charge >= 0.3 is 0 Å². The molecule has 0 radical (unpaired) electrons. The number of aryl methyl sites for hydroxylation is 1. The van der Waals surface area contributed by atoms with Gasteiger partial charge < -0.3 is 4.42 Å².